The molecule has 4 nitrogen and oxygen atoms in total. The van der Waals surface area contributed by atoms with E-state index in [0.29, 0.717) is 6.04 Å². The van der Waals surface area contributed by atoms with Gasteiger partial charge in [0.15, 0.2) is 0 Å². The molecule has 0 aromatic rings. The van der Waals surface area contributed by atoms with E-state index in [-0.39, 0.29) is 6.61 Å². The van der Waals surface area contributed by atoms with Crippen LogP contribution in [0.3, 0.4) is 0 Å². The molecule has 1 rings (SSSR count). The highest BCUT2D eigenvalue weighted by atomic mass is 16.5. The van der Waals surface area contributed by atoms with Gasteiger partial charge in [0.25, 0.3) is 0 Å². The Kier molecular flexibility index (Phi) is 5.92. The number of carbonyl (C=O) groups is 1. The number of rotatable bonds is 5. The van der Waals surface area contributed by atoms with Crippen LogP contribution in [0.15, 0.2) is 0 Å². The number of aliphatic carboxylic acids is 1. The third-order valence-corrected chi connectivity index (χ3v) is 3.53. The summed E-state index contributed by atoms with van der Waals surface area (Å²) >= 11 is 0. The van der Waals surface area contributed by atoms with Gasteiger partial charge >= 0.3 is 5.97 Å². The molecule has 0 amide bonds. The molecule has 1 unspecified atom stereocenters. The molecule has 0 aromatic heterocycles. The summed E-state index contributed by atoms with van der Waals surface area (Å²) in [5.74, 6) is -0.832. The highest BCUT2D eigenvalue weighted by molar-refractivity contribution is 5.78. The number of carboxylic acid groups (broad SMARTS) is 1. The van der Waals surface area contributed by atoms with Crippen LogP contribution in [-0.4, -0.2) is 36.4 Å². The highest BCUT2D eigenvalue weighted by Gasteiger charge is 2.35. The molecule has 0 saturated heterocycles. The van der Waals surface area contributed by atoms with E-state index in [4.69, 9.17) is 4.74 Å². The number of hydrogen-bond acceptors (Lipinski definition) is 3. The zero-order chi connectivity index (χ0) is 12.7. The maximum atomic E-state index is 11.3. The molecule has 0 aliphatic heterocycles. The third kappa shape index (κ3) is 4.64. The van der Waals surface area contributed by atoms with E-state index in [0.717, 1.165) is 12.8 Å². The minimum absolute atomic E-state index is 0.207. The Bertz CT molecular complexity index is 237. The average Bonchev–Trinajstić information content (AvgIpc) is 2.22. The number of nitrogens with one attached hydrogen (secondary N) is 1. The van der Waals surface area contributed by atoms with Crippen LogP contribution in [0.5, 0.6) is 0 Å². The van der Waals surface area contributed by atoms with Crippen molar-refractivity contribution < 1.29 is 14.6 Å². The van der Waals surface area contributed by atoms with Gasteiger partial charge in [-0.25, -0.2) is 0 Å². The second kappa shape index (κ2) is 6.97. The molecule has 0 heterocycles. The fourth-order valence-electron chi connectivity index (χ4n) is 2.50. The van der Waals surface area contributed by atoms with Gasteiger partial charge in [-0.15, -0.1) is 0 Å². The van der Waals surface area contributed by atoms with E-state index in [9.17, 15) is 9.90 Å². The molecule has 0 spiro atoms. The number of hydrogen-bond donors (Lipinski definition) is 2. The molecule has 0 bridgehead atoms. The third-order valence-electron chi connectivity index (χ3n) is 3.53. The highest BCUT2D eigenvalue weighted by Crippen LogP contribution is 2.19. The van der Waals surface area contributed by atoms with Crippen molar-refractivity contribution in [1.82, 2.24) is 5.32 Å². The molecular formula is C13H25NO3. The topological polar surface area (TPSA) is 58.6 Å². The van der Waals surface area contributed by atoms with Crippen molar-refractivity contribution in [3.8, 4) is 0 Å². The van der Waals surface area contributed by atoms with Gasteiger partial charge < -0.3 is 9.84 Å². The van der Waals surface area contributed by atoms with Crippen molar-refractivity contribution in [1.29, 1.82) is 0 Å². The molecule has 0 aromatic carbocycles. The van der Waals surface area contributed by atoms with Crippen molar-refractivity contribution in [3.63, 3.8) is 0 Å². The van der Waals surface area contributed by atoms with Crippen LogP contribution >= 0.6 is 0 Å². The standard InChI is InChI=1S/C13H25NO3/c1-13(10-17-2,12(15)16)14-11-8-6-4-3-5-7-9-11/h11,14H,3-10H2,1-2H3,(H,15,16). The molecule has 1 saturated carbocycles. The monoisotopic (exact) mass is 243 g/mol. The van der Waals surface area contributed by atoms with E-state index < -0.39 is 11.5 Å². The normalized spacial score (nSPS) is 22.5. The van der Waals surface area contributed by atoms with Crippen molar-refractivity contribution >= 4 is 5.97 Å². The lowest BCUT2D eigenvalue weighted by atomic mass is 9.93. The van der Waals surface area contributed by atoms with Crippen LogP contribution in [0.1, 0.15) is 51.9 Å². The van der Waals surface area contributed by atoms with E-state index >= 15 is 0 Å². The van der Waals surface area contributed by atoms with Crippen molar-refractivity contribution in [2.45, 2.75) is 63.5 Å². The fraction of sp³-hybridized carbons (Fsp3) is 0.923. The molecule has 100 valence electrons. The second-order valence-electron chi connectivity index (χ2n) is 5.26. The Labute approximate surface area is 104 Å². The average molecular weight is 243 g/mol. The van der Waals surface area contributed by atoms with Gasteiger partial charge in [-0.05, 0) is 19.8 Å². The lowest BCUT2D eigenvalue weighted by molar-refractivity contribution is -0.147. The summed E-state index contributed by atoms with van der Waals surface area (Å²) in [6.45, 7) is 1.91. The first kappa shape index (κ1) is 14.5. The Hall–Kier alpha value is -0.610. The van der Waals surface area contributed by atoms with Crippen molar-refractivity contribution in [2.24, 2.45) is 0 Å². The molecule has 1 atom stereocenters. The van der Waals surface area contributed by atoms with E-state index in [2.05, 4.69) is 5.32 Å². The van der Waals surface area contributed by atoms with E-state index in [1.54, 1.807) is 14.0 Å². The minimum atomic E-state index is -0.960. The van der Waals surface area contributed by atoms with E-state index in [1.165, 1.54) is 32.1 Å². The van der Waals surface area contributed by atoms with Crippen LogP contribution in [0.25, 0.3) is 0 Å². The SMILES string of the molecule is COCC(C)(NC1CCCCCCC1)C(=O)O. The van der Waals surface area contributed by atoms with Crippen LogP contribution in [0.2, 0.25) is 0 Å². The molecule has 17 heavy (non-hydrogen) atoms. The molecule has 2 N–H and O–H groups in total. The predicted molar refractivity (Wildman–Crippen MR) is 67.2 cm³/mol. The second-order valence-corrected chi connectivity index (χ2v) is 5.26. The molecule has 1 fully saturated rings. The summed E-state index contributed by atoms with van der Waals surface area (Å²) in [6, 6.07) is 0.312. The first-order valence-electron chi connectivity index (χ1n) is 6.58. The summed E-state index contributed by atoms with van der Waals surface area (Å²) in [5.41, 5.74) is -0.960. The Morgan fingerprint density at radius 2 is 1.82 bits per heavy atom. The number of carboxylic acids is 1. The summed E-state index contributed by atoms with van der Waals surface area (Å²) in [7, 11) is 1.54. The largest absolute Gasteiger partial charge is 0.480 e. The molecular weight excluding hydrogens is 218 g/mol. The van der Waals surface area contributed by atoms with Gasteiger partial charge in [0.2, 0.25) is 0 Å². The van der Waals surface area contributed by atoms with Crippen LogP contribution in [0.4, 0.5) is 0 Å². The minimum Gasteiger partial charge on any atom is -0.480 e. The number of methoxy groups -OCH3 is 1. The van der Waals surface area contributed by atoms with Crippen LogP contribution < -0.4 is 5.32 Å². The number of ether oxygens (including phenoxy) is 1. The predicted octanol–water partition coefficient (Wildman–Crippen LogP) is 2.18. The Morgan fingerprint density at radius 3 is 2.29 bits per heavy atom. The summed E-state index contributed by atoms with van der Waals surface area (Å²) < 4.78 is 5.02. The summed E-state index contributed by atoms with van der Waals surface area (Å²) in [5, 5.41) is 12.6. The quantitative estimate of drug-likeness (QED) is 0.777. The van der Waals surface area contributed by atoms with Gasteiger partial charge in [-0.1, -0.05) is 32.1 Å². The Balaban J connectivity index is 2.54. The Morgan fingerprint density at radius 1 is 1.29 bits per heavy atom. The van der Waals surface area contributed by atoms with Gasteiger partial charge in [0.05, 0.1) is 6.61 Å². The first-order chi connectivity index (χ1) is 8.08. The fourth-order valence-corrected chi connectivity index (χ4v) is 2.50. The van der Waals surface area contributed by atoms with Crippen LogP contribution in [-0.2, 0) is 9.53 Å². The lowest BCUT2D eigenvalue weighted by Crippen LogP contribution is -2.56. The van der Waals surface area contributed by atoms with Gasteiger partial charge in [-0.2, -0.15) is 0 Å². The molecule has 1 aliphatic rings. The smallest absolute Gasteiger partial charge is 0.326 e. The maximum absolute atomic E-state index is 11.3. The molecule has 4 heteroatoms. The maximum Gasteiger partial charge on any atom is 0.326 e. The van der Waals surface area contributed by atoms with E-state index in [1.807, 2.05) is 0 Å². The first-order valence-corrected chi connectivity index (χ1v) is 6.58. The zero-order valence-corrected chi connectivity index (χ0v) is 11.0. The van der Waals surface area contributed by atoms with Gasteiger partial charge in [-0.3, -0.25) is 10.1 Å². The molecule has 1 aliphatic carbocycles. The lowest BCUT2D eigenvalue weighted by Gasteiger charge is -2.32. The zero-order valence-electron chi connectivity index (χ0n) is 11.0. The van der Waals surface area contributed by atoms with Crippen LogP contribution in [0, 0.1) is 0 Å². The van der Waals surface area contributed by atoms with Gasteiger partial charge in [0.1, 0.15) is 5.54 Å². The summed E-state index contributed by atoms with van der Waals surface area (Å²) in [6.07, 6.45) is 8.40. The molecule has 0 radical (unpaired) electrons. The van der Waals surface area contributed by atoms with Gasteiger partial charge in [0, 0.05) is 13.2 Å². The van der Waals surface area contributed by atoms with Crippen molar-refractivity contribution in [3.05, 3.63) is 0 Å². The van der Waals surface area contributed by atoms with Crippen molar-refractivity contribution in [2.75, 3.05) is 13.7 Å². The summed E-state index contributed by atoms with van der Waals surface area (Å²) in [4.78, 5) is 11.3.